The van der Waals surface area contributed by atoms with Crippen LogP contribution in [0.4, 0.5) is 13.2 Å². The Labute approximate surface area is 736 Å². The first-order valence-electron chi connectivity index (χ1n) is 41.7. The van der Waals surface area contributed by atoms with Crippen LogP contribution in [0.3, 0.4) is 0 Å². The number of nitrogens with one attached hydrogen (secondary N) is 1. The normalized spacial score (nSPS) is 16.9. The van der Waals surface area contributed by atoms with Gasteiger partial charge in [0.2, 0.25) is 0 Å². The summed E-state index contributed by atoms with van der Waals surface area (Å²) in [7, 11) is 3.52. The average Bonchev–Trinajstić information content (AvgIpc) is 1.63. The Morgan fingerprint density at radius 3 is 1.52 bits per heavy atom. The van der Waals surface area contributed by atoms with Gasteiger partial charge in [-0.05, 0) is 142 Å². The SMILES string of the molecule is CC(C)(C)S(=O)(=O)c1ccc(C(=O)N2CCC3(CC2)Oc2ccccc2-c2nn(C(F)(F)F)cc23)cc1.COc1ccc(Cl)cc1C(=O)N1CCC2(CC1)Oc1ccccc1-c1c2cnn1C.COc1ccccc1C(=O)N1CCC2(CC1)Oc1cc(Cl)ccc1-n1cccc12.Cn1ncc2c1-c1ccccc1OC21CCN(C(=O)c2n[nH]c3ccccc23)CC1.[HH]. The molecular weight excluding hydrogens is 1680 g/mol. The first kappa shape index (κ1) is 84.0. The van der Waals surface area contributed by atoms with Crippen LogP contribution in [0.1, 0.15) is 138 Å². The van der Waals surface area contributed by atoms with E-state index in [2.05, 4.69) is 54.5 Å². The molecule has 21 rings (SSSR count). The van der Waals surface area contributed by atoms with Gasteiger partial charge in [0.25, 0.3) is 23.6 Å². The molecule has 13 aromatic rings. The number of aromatic amines is 1. The predicted molar refractivity (Wildman–Crippen MR) is 469 cm³/mol. The summed E-state index contributed by atoms with van der Waals surface area (Å²) >= 11 is 12.3. The van der Waals surface area contributed by atoms with Crippen molar-refractivity contribution in [3.8, 4) is 74.0 Å². The molecule has 8 aromatic carbocycles. The highest BCUT2D eigenvalue weighted by Crippen LogP contribution is 2.54. The minimum Gasteiger partial charge on any atom is -0.496 e. The number of nitrogens with zero attached hydrogens (tertiary/aromatic N) is 12. The lowest BCUT2D eigenvalue weighted by atomic mass is 9.81. The van der Waals surface area contributed by atoms with E-state index < -0.39 is 43.3 Å². The average molecular weight is 1770 g/mol. The molecule has 31 heteroatoms. The topological polar surface area (TPSA) is 258 Å². The number of amides is 4. The molecular formula is C95H92Cl2F3N13O12S. The first-order valence-corrected chi connectivity index (χ1v) is 43.9. The van der Waals surface area contributed by atoms with Crippen LogP contribution in [0.25, 0.3) is 50.4 Å². The molecule has 650 valence electrons. The van der Waals surface area contributed by atoms with Crippen LogP contribution in [0.15, 0.2) is 224 Å². The Balaban J connectivity index is 0.000000119. The van der Waals surface area contributed by atoms with Crippen molar-refractivity contribution in [1.29, 1.82) is 0 Å². The fourth-order valence-electron chi connectivity index (χ4n) is 18.6. The molecule has 13 heterocycles. The quantitative estimate of drug-likeness (QED) is 0.155. The molecule has 0 radical (unpaired) electrons. The van der Waals surface area contributed by atoms with Gasteiger partial charge in [-0.15, -0.1) is 13.2 Å². The number of hydrogen-bond acceptors (Lipinski definition) is 16. The number of piperidine rings is 4. The van der Waals surface area contributed by atoms with E-state index in [1.807, 2.05) is 160 Å². The Hall–Kier alpha value is -12.9. The second-order valence-electron chi connectivity index (χ2n) is 33.6. The predicted octanol–water partition coefficient (Wildman–Crippen LogP) is 17.8. The number of alkyl halides is 3. The number of carbonyl (C=O) groups excluding carboxylic acids is 4. The molecule has 5 aromatic heterocycles. The summed E-state index contributed by atoms with van der Waals surface area (Å²) in [6.45, 7) is 8.92. The van der Waals surface area contributed by atoms with E-state index in [0.29, 0.717) is 139 Å². The monoisotopic (exact) mass is 1770 g/mol. The smallest absolute Gasteiger partial charge is 0.496 e. The number of ether oxygens (including phenoxy) is 6. The van der Waals surface area contributed by atoms with Crippen molar-refractivity contribution in [3.63, 3.8) is 0 Å². The number of sulfone groups is 1. The van der Waals surface area contributed by atoms with E-state index in [-0.39, 0.29) is 66.3 Å². The van der Waals surface area contributed by atoms with Crippen LogP contribution >= 0.6 is 23.2 Å². The summed E-state index contributed by atoms with van der Waals surface area (Å²) in [5.41, 5.74) is 10.1. The summed E-state index contributed by atoms with van der Waals surface area (Å²) in [6, 6.07) is 58.9. The third-order valence-corrected chi connectivity index (χ3v) is 28.4. The maximum absolute atomic E-state index is 13.5. The molecule has 4 amide bonds. The van der Waals surface area contributed by atoms with Gasteiger partial charge in [0.1, 0.15) is 57.0 Å². The van der Waals surface area contributed by atoms with Gasteiger partial charge in [-0.25, -0.2) is 8.42 Å². The van der Waals surface area contributed by atoms with Gasteiger partial charge >= 0.3 is 6.30 Å². The third-order valence-electron chi connectivity index (χ3n) is 25.4. The number of aromatic nitrogens is 9. The van der Waals surface area contributed by atoms with Crippen LogP contribution < -0.4 is 28.4 Å². The number of aryl methyl sites for hydroxylation is 2. The van der Waals surface area contributed by atoms with Crippen molar-refractivity contribution in [1.82, 2.24) is 63.7 Å². The van der Waals surface area contributed by atoms with Gasteiger partial charge in [0.15, 0.2) is 21.1 Å². The standard InChI is InChI=1S/C26H26F3N3O4S.C23H22ClN3O3.C23H21ClN2O3.C23H21N5O2.H2/c1-24(2,3)37(34,35)18-10-8-17(9-11-18)23(33)31-14-12-25(13-15-31)20-16-32(26(27,28)29)30-22(20)19-6-4-5-7-21(19)36-25;1-26-21-16-5-3-4-6-20(16)30-23(18(21)14-25-26)9-11-27(12-10-23)22(28)17-13-15(24)7-8-19(17)29-2;1-28-19-6-3-2-5-17(19)22(27)25-13-10-23(11-14-25)21-7-4-12-26(21)18-9-8-16(24)15-20(18)29-23;1-27-21-16-7-3-5-9-19(16)30-23(17(21)14-24-27)10-12-28(13-11-23)22(29)20-15-6-2-4-8-18(15)25-26-20;/h4-11,16H,12-15H2,1-3H3;3-8,13-14H,9-12H2,1-2H3;2-9,12,15H,10-11,13-14H2,1H3;2-9,14H,10-13H2,1H3,(H,25,26);1H. The van der Waals surface area contributed by atoms with Crippen molar-refractivity contribution in [2.75, 3.05) is 66.6 Å². The van der Waals surface area contributed by atoms with Gasteiger partial charge in [-0.2, -0.15) is 25.1 Å². The van der Waals surface area contributed by atoms with Gasteiger partial charge in [-0.1, -0.05) is 89.9 Å². The molecule has 1 N–H and O–H groups in total. The first-order chi connectivity index (χ1) is 60.5. The molecule has 4 saturated heterocycles. The lowest BCUT2D eigenvalue weighted by Gasteiger charge is -2.45. The van der Waals surface area contributed by atoms with Crippen LogP contribution in [0, 0.1) is 0 Å². The molecule has 0 unspecified atom stereocenters. The molecule has 0 atom stereocenters. The molecule has 0 aliphatic carbocycles. The Bertz CT molecular complexity index is 6530. The van der Waals surface area contributed by atoms with Crippen LogP contribution in [0.5, 0.6) is 34.5 Å². The van der Waals surface area contributed by atoms with Crippen molar-refractivity contribution in [2.45, 2.75) is 110 Å². The van der Waals surface area contributed by atoms with Crippen LogP contribution in [0.2, 0.25) is 10.0 Å². The number of rotatable bonds is 7. The minimum atomic E-state index is -4.67. The number of benzene rings is 8. The summed E-state index contributed by atoms with van der Waals surface area (Å²) in [5.74, 6) is 3.71. The zero-order valence-electron chi connectivity index (χ0n) is 70.2. The van der Waals surface area contributed by atoms with Gasteiger partial charge in [0.05, 0.1) is 75.7 Å². The number of para-hydroxylation sites is 5. The Kier molecular flexibility index (Phi) is 21.7. The number of hydrogen-bond donors (Lipinski definition) is 1. The maximum Gasteiger partial charge on any atom is 0.504 e. The molecule has 25 nitrogen and oxygen atoms in total. The number of halogens is 5. The summed E-state index contributed by atoms with van der Waals surface area (Å²) in [5, 5.41) is 22.1. The number of H-pyrrole nitrogens is 1. The van der Waals surface area contributed by atoms with Gasteiger partial charge in [0, 0.05) is 192 Å². The number of methoxy groups -OCH3 is 2. The van der Waals surface area contributed by atoms with Gasteiger partial charge < -0.3 is 52.6 Å². The van der Waals surface area contributed by atoms with Crippen molar-refractivity contribution in [3.05, 3.63) is 274 Å². The highest BCUT2D eigenvalue weighted by atomic mass is 35.5. The van der Waals surface area contributed by atoms with Crippen LogP contribution in [-0.4, -0.2) is 167 Å². The largest absolute Gasteiger partial charge is 0.504 e. The summed E-state index contributed by atoms with van der Waals surface area (Å²) in [6.07, 6.45) is 6.98. The molecule has 0 saturated carbocycles. The third kappa shape index (κ3) is 15.0. The number of likely N-dealkylation sites (tertiary alicyclic amines) is 4. The summed E-state index contributed by atoms with van der Waals surface area (Å²) < 4.78 is 108. The highest BCUT2D eigenvalue weighted by Gasteiger charge is 2.52. The van der Waals surface area contributed by atoms with Crippen molar-refractivity contribution < 1.29 is 70.6 Å². The number of carbonyl (C=O) groups is 4. The van der Waals surface area contributed by atoms with E-state index in [1.54, 1.807) is 82.4 Å². The van der Waals surface area contributed by atoms with Crippen molar-refractivity contribution in [2.24, 2.45) is 14.1 Å². The zero-order valence-corrected chi connectivity index (χ0v) is 72.5. The lowest BCUT2D eigenvalue weighted by Crippen LogP contribution is -2.50. The molecule has 126 heavy (non-hydrogen) atoms. The molecule has 8 aliphatic rings. The van der Waals surface area contributed by atoms with Crippen LogP contribution in [-0.2, 0) is 52.6 Å². The van der Waals surface area contributed by atoms with Gasteiger partial charge in [-0.3, -0.25) is 33.6 Å². The van der Waals surface area contributed by atoms with E-state index in [0.717, 1.165) is 79.4 Å². The highest BCUT2D eigenvalue weighted by molar-refractivity contribution is 7.92. The summed E-state index contributed by atoms with van der Waals surface area (Å²) in [4.78, 5) is 60.0. The number of fused-ring (bicyclic) bond motifs is 17. The fourth-order valence-corrected chi connectivity index (χ4v) is 20.2. The maximum atomic E-state index is 13.5. The van der Waals surface area contributed by atoms with E-state index in [1.165, 1.54) is 24.3 Å². The fraction of sp³-hybridized carbons (Fsp3) is 0.305. The Morgan fingerprint density at radius 2 is 0.952 bits per heavy atom. The molecule has 8 aliphatic heterocycles. The van der Waals surface area contributed by atoms with E-state index in [9.17, 15) is 40.8 Å². The van der Waals surface area contributed by atoms with E-state index >= 15 is 0 Å². The van der Waals surface area contributed by atoms with E-state index in [4.69, 9.17) is 51.6 Å². The molecule has 0 bridgehead atoms. The molecule has 4 fully saturated rings. The lowest BCUT2D eigenvalue weighted by molar-refractivity contribution is -0.212. The zero-order chi connectivity index (χ0) is 88.0. The Morgan fingerprint density at radius 1 is 0.492 bits per heavy atom. The molecule has 4 spiro atoms. The second-order valence-corrected chi connectivity index (χ2v) is 37.2. The minimum absolute atomic E-state index is 0. The second kappa shape index (κ2) is 32.6. The van der Waals surface area contributed by atoms with Crippen molar-refractivity contribution >= 4 is 67.6 Å².